The quantitative estimate of drug-likeness (QED) is 0.279. The lowest BCUT2D eigenvalue weighted by Crippen LogP contribution is -2.59. The number of carbonyl (C=O) groups is 2. The monoisotopic (exact) mass is 496 g/mol. The lowest BCUT2D eigenvalue weighted by Gasteiger charge is -2.59. The van der Waals surface area contributed by atoms with Crippen LogP contribution in [0, 0.1) is 34.5 Å². The number of hydrogen-bond donors (Lipinski definition) is 0. The summed E-state index contributed by atoms with van der Waals surface area (Å²) in [6, 6.07) is 0. The molecule has 36 heavy (non-hydrogen) atoms. The third-order valence-corrected chi connectivity index (χ3v) is 10.6. The van der Waals surface area contributed by atoms with E-state index in [2.05, 4.69) is 59.8 Å². The fourth-order valence-electron chi connectivity index (χ4n) is 8.14. The molecule has 0 aromatic carbocycles. The first-order valence-electron chi connectivity index (χ1n) is 14.3. The Labute approximate surface area is 219 Å². The van der Waals surface area contributed by atoms with Crippen LogP contribution in [0.3, 0.4) is 0 Å². The maximum Gasteiger partial charge on any atom is 0.303 e. The standard InChI is InChI=1S/C32H48O4/c1-20(2)21(3)9-10-22(4)27-11-12-28-26-14-18-32(36-24(6)34)19-25(35-23(5)33)13-17-31(32,8)29(26)15-16-30(27,28)7/h9-10,12,20-22,25,27H,11,13-19H2,1-8H3/b10-9+/t21-,22+,25+,27+,30-,31+,32+/m0/s1. The lowest BCUT2D eigenvalue weighted by atomic mass is 9.49. The van der Waals surface area contributed by atoms with E-state index in [0.717, 1.165) is 44.9 Å². The van der Waals surface area contributed by atoms with E-state index in [1.165, 1.54) is 19.4 Å². The molecule has 0 heterocycles. The summed E-state index contributed by atoms with van der Waals surface area (Å²) in [6.45, 7) is 17.1. The largest absolute Gasteiger partial charge is 0.462 e. The van der Waals surface area contributed by atoms with Crippen molar-refractivity contribution in [2.45, 2.75) is 118 Å². The summed E-state index contributed by atoms with van der Waals surface area (Å²) >= 11 is 0. The van der Waals surface area contributed by atoms with Crippen LogP contribution in [0.2, 0.25) is 0 Å². The number of carbonyl (C=O) groups excluding carboxylic acids is 2. The Kier molecular flexibility index (Phi) is 7.40. The minimum atomic E-state index is -0.592. The van der Waals surface area contributed by atoms with Gasteiger partial charge in [-0.05, 0) is 85.2 Å². The Morgan fingerprint density at radius 1 is 1.00 bits per heavy atom. The smallest absolute Gasteiger partial charge is 0.303 e. The van der Waals surface area contributed by atoms with Crippen molar-refractivity contribution in [3.8, 4) is 0 Å². The van der Waals surface area contributed by atoms with Gasteiger partial charge in [0.05, 0.1) is 0 Å². The van der Waals surface area contributed by atoms with Crippen LogP contribution in [0.15, 0.2) is 34.9 Å². The second-order valence-corrected chi connectivity index (χ2v) is 13.1. The van der Waals surface area contributed by atoms with Gasteiger partial charge in [-0.2, -0.15) is 0 Å². The van der Waals surface area contributed by atoms with Gasteiger partial charge in [-0.3, -0.25) is 9.59 Å². The maximum absolute atomic E-state index is 12.3. The van der Waals surface area contributed by atoms with E-state index in [9.17, 15) is 9.59 Å². The summed E-state index contributed by atoms with van der Waals surface area (Å²) in [5.74, 6) is 1.96. The molecule has 0 spiro atoms. The number of rotatable bonds is 6. The molecule has 4 aliphatic carbocycles. The van der Waals surface area contributed by atoms with Gasteiger partial charge in [-0.1, -0.05) is 65.3 Å². The highest BCUT2D eigenvalue weighted by molar-refractivity contribution is 5.68. The summed E-state index contributed by atoms with van der Waals surface area (Å²) in [5, 5.41) is 0. The summed E-state index contributed by atoms with van der Waals surface area (Å²) in [4.78, 5) is 24.0. The molecule has 4 nitrogen and oxygen atoms in total. The molecule has 4 rings (SSSR count). The van der Waals surface area contributed by atoms with Gasteiger partial charge in [0.15, 0.2) is 0 Å². The average molecular weight is 497 g/mol. The Hall–Kier alpha value is -1.84. The van der Waals surface area contributed by atoms with Gasteiger partial charge in [0, 0.05) is 25.7 Å². The van der Waals surface area contributed by atoms with Gasteiger partial charge in [0.2, 0.25) is 0 Å². The summed E-state index contributed by atoms with van der Waals surface area (Å²) < 4.78 is 11.9. The van der Waals surface area contributed by atoms with Gasteiger partial charge in [-0.25, -0.2) is 0 Å². The minimum absolute atomic E-state index is 0.179. The number of hydrogen-bond acceptors (Lipinski definition) is 4. The molecule has 0 saturated heterocycles. The van der Waals surface area contributed by atoms with Crippen LogP contribution in [-0.2, 0) is 19.1 Å². The molecule has 0 N–H and O–H groups in total. The molecule has 0 aliphatic heterocycles. The van der Waals surface area contributed by atoms with E-state index in [1.54, 1.807) is 11.1 Å². The highest BCUT2D eigenvalue weighted by Gasteiger charge is 2.61. The normalized spacial score (nSPS) is 37.6. The molecule has 0 aromatic heterocycles. The molecule has 200 valence electrons. The van der Waals surface area contributed by atoms with Crippen LogP contribution in [0.25, 0.3) is 0 Å². The van der Waals surface area contributed by atoms with Crippen molar-refractivity contribution < 1.29 is 19.1 Å². The first-order chi connectivity index (χ1) is 16.8. The number of allylic oxidation sites excluding steroid dienone is 5. The Morgan fingerprint density at radius 3 is 2.36 bits per heavy atom. The van der Waals surface area contributed by atoms with E-state index in [0.29, 0.717) is 30.1 Å². The molecule has 1 saturated carbocycles. The van der Waals surface area contributed by atoms with E-state index in [-0.39, 0.29) is 28.9 Å². The first-order valence-corrected chi connectivity index (χ1v) is 14.3. The zero-order valence-corrected chi connectivity index (χ0v) is 23.9. The van der Waals surface area contributed by atoms with E-state index >= 15 is 0 Å². The Morgan fingerprint density at radius 2 is 1.72 bits per heavy atom. The predicted octanol–water partition coefficient (Wildman–Crippen LogP) is 7.73. The molecule has 0 aromatic rings. The molecule has 0 unspecified atom stereocenters. The Balaban J connectivity index is 1.64. The molecule has 4 heteroatoms. The summed E-state index contributed by atoms with van der Waals surface area (Å²) in [5.41, 5.74) is 4.04. The molecule has 0 radical (unpaired) electrons. The molecule has 7 atom stereocenters. The van der Waals surface area contributed by atoms with Crippen LogP contribution in [-0.4, -0.2) is 23.6 Å². The van der Waals surface area contributed by atoms with Crippen molar-refractivity contribution in [3.63, 3.8) is 0 Å². The molecule has 4 aliphatic rings. The van der Waals surface area contributed by atoms with Gasteiger partial charge in [0.1, 0.15) is 11.7 Å². The minimum Gasteiger partial charge on any atom is -0.462 e. The molecule has 1 fully saturated rings. The molecule has 0 amide bonds. The van der Waals surface area contributed by atoms with Gasteiger partial charge >= 0.3 is 11.9 Å². The van der Waals surface area contributed by atoms with Crippen LogP contribution in [0.4, 0.5) is 0 Å². The van der Waals surface area contributed by atoms with E-state index < -0.39 is 5.60 Å². The van der Waals surface area contributed by atoms with Crippen molar-refractivity contribution >= 4 is 11.9 Å². The van der Waals surface area contributed by atoms with Crippen LogP contribution < -0.4 is 0 Å². The summed E-state index contributed by atoms with van der Waals surface area (Å²) in [7, 11) is 0. The summed E-state index contributed by atoms with van der Waals surface area (Å²) in [6.07, 6.45) is 14.7. The third kappa shape index (κ3) is 4.52. The fourth-order valence-corrected chi connectivity index (χ4v) is 8.14. The highest BCUT2D eigenvalue weighted by atomic mass is 16.6. The molecular weight excluding hydrogens is 448 g/mol. The van der Waals surface area contributed by atoms with Gasteiger partial charge in [-0.15, -0.1) is 0 Å². The second kappa shape index (κ2) is 9.80. The third-order valence-electron chi connectivity index (χ3n) is 10.6. The maximum atomic E-state index is 12.3. The van der Waals surface area contributed by atoms with Crippen molar-refractivity contribution in [2.75, 3.05) is 0 Å². The number of ether oxygens (including phenoxy) is 2. The number of fused-ring (bicyclic) bond motifs is 4. The van der Waals surface area contributed by atoms with Crippen LogP contribution in [0.1, 0.15) is 107 Å². The van der Waals surface area contributed by atoms with Crippen LogP contribution in [0.5, 0.6) is 0 Å². The highest BCUT2D eigenvalue weighted by Crippen LogP contribution is 2.66. The molecular formula is C32H48O4. The van der Waals surface area contributed by atoms with Crippen molar-refractivity contribution in [3.05, 3.63) is 34.9 Å². The van der Waals surface area contributed by atoms with Gasteiger partial charge in [0.25, 0.3) is 0 Å². The van der Waals surface area contributed by atoms with Crippen molar-refractivity contribution in [2.24, 2.45) is 34.5 Å². The SMILES string of the molecule is CC(=O)O[C@@H]1CC[C@]2(C)C3=C(CC[C@@]2(OC(C)=O)C1)C1=CC[C@H]([C@H](C)/C=C/[C@H](C)C(C)C)[C@]1(C)CC3. The van der Waals surface area contributed by atoms with Crippen molar-refractivity contribution in [1.29, 1.82) is 0 Å². The number of esters is 2. The zero-order valence-electron chi connectivity index (χ0n) is 23.9. The molecule has 0 bridgehead atoms. The zero-order chi connectivity index (χ0) is 26.5. The Bertz CT molecular complexity index is 986. The second-order valence-electron chi connectivity index (χ2n) is 13.1. The average Bonchev–Trinajstić information content (AvgIpc) is 3.14. The first kappa shape index (κ1) is 27.2. The van der Waals surface area contributed by atoms with Crippen LogP contribution >= 0.6 is 0 Å². The topological polar surface area (TPSA) is 52.6 Å². The van der Waals surface area contributed by atoms with Gasteiger partial charge < -0.3 is 9.47 Å². The van der Waals surface area contributed by atoms with Crippen molar-refractivity contribution in [1.82, 2.24) is 0 Å². The predicted molar refractivity (Wildman–Crippen MR) is 144 cm³/mol. The lowest BCUT2D eigenvalue weighted by molar-refractivity contribution is -0.194. The van der Waals surface area contributed by atoms with E-state index in [4.69, 9.17) is 9.47 Å². The fraction of sp³-hybridized carbons (Fsp3) is 0.750. The van der Waals surface area contributed by atoms with E-state index in [1.807, 2.05) is 0 Å².